The van der Waals surface area contributed by atoms with Gasteiger partial charge in [0, 0.05) is 39.3 Å². The number of halogens is 1. The van der Waals surface area contributed by atoms with Gasteiger partial charge in [-0.2, -0.15) is 0 Å². The number of hydrogen-bond donors (Lipinski definition) is 2. The molecule has 1 aromatic carbocycles. The summed E-state index contributed by atoms with van der Waals surface area (Å²) in [7, 11) is 1.80. The third-order valence-electron chi connectivity index (χ3n) is 5.79. The van der Waals surface area contributed by atoms with Crippen LogP contribution in [0.4, 0.5) is 5.69 Å². The zero-order valence-electron chi connectivity index (χ0n) is 18.2. The molecule has 1 unspecified atom stereocenters. The van der Waals surface area contributed by atoms with E-state index in [2.05, 4.69) is 27.4 Å². The third-order valence-corrected chi connectivity index (χ3v) is 5.79. The van der Waals surface area contributed by atoms with Crippen LogP contribution in [0, 0.1) is 0 Å². The highest BCUT2D eigenvalue weighted by molar-refractivity contribution is 14.0. The van der Waals surface area contributed by atoms with Crippen LogP contribution >= 0.6 is 24.0 Å². The molecule has 2 heterocycles. The van der Waals surface area contributed by atoms with Crippen LogP contribution in [0.3, 0.4) is 0 Å². The number of likely N-dealkylation sites (tertiary alicyclic amines) is 1. The Labute approximate surface area is 197 Å². The number of benzene rings is 1. The van der Waals surface area contributed by atoms with Crippen LogP contribution in [0.5, 0.6) is 5.75 Å². The van der Waals surface area contributed by atoms with Crippen LogP contribution in [0.2, 0.25) is 0 Å². The number of carbonyl (C=O) groups is 1. The Bertz CT molecular complexity index is 700. The first kappa shape index (κ1) is 24.7. The first-order valence-electron chi connectivity index (χ1n) is 10.9. The standard InChI is InChI=1S/C22H35N5O2.HI/c1-3-18-9-6-7-14-26(18)16-13-25-22(23-2)24-12-8-15-27-19-10-4-5-11-20(19)29-17-21(27)28;/h4-5,10-11,18H,3,6-9,12-17H2,1-2H3,(H2,23,24,25);1H. The highest BCUT2D eigenvalue weighted by Crippen LogP contribution is 2.31. The first-order valence-corrected chi connectivity index (χ1v) is 10.9. The van der Waals surface area contributed by atoms with Gasteiger partial charge in [0.2, 0.25) is 0 Å². The molecule has 1 atom stereocenters. The Morgan fingerprint density at radius 1 is 1.20 bits per heavy atom. The molecular formula is C22H36IN5O2. The van der Waals surface area contributed by atoms with Crippen molar-refractivity contribution in [1.29, 1.82) is 0 Å². The molecule has 168 valence electrons. The number of carbonyl (C=O) groups excluding carboxylic acids is 1. The van der Waals surface area contributed by atoms with Gasteiger partial charge in [-0.05, 0) is 44.4 Å². The monoisotopic (exact) mass is 529 g/mol. The fourth-order valence-electron chi connectivity index (χ4n) is 4.20. The van der Waals surface area contributed by atoms with Crippen LogP contribution in [-0.4, -0.2) is 69.2 Å². The number of amides is 1. The van der Waals surface area contributed by atoms with E-state index in [1.54, 1.807) is 7.05 Å². The fraction of sp³-hybridized carbons (Fsp3) is 0.636. The Morgan fingerprint density at radius 2 is 2.00 bits per heavy atom. The summed E-state index contributed by atoms with van der Waals surface area (Å²) in [5.74, 6) is 1.61. The second-order valence-electron chi connectivity index (χ2n) is 7.67. The maximum atomic E-state index is 12.2. The number of anilines is 1. The molecule has 7 nitrogen and oxygen atoms in total. The van der Waals surface area contributed by atoms with E-state index in [0.29, 0.717) is 6.54 Å². The van der Waals surface area contributed by atoms with Gasteiger partial charge in [-0.3, -0.25) is 14.7 Å². The Morgan fingerprint density at radius 3 is 2.80 bits per heavy atom. The normalized spacial score (nSPS) is 19.5. The fourth-order valence-corrected chi connectivity index (χ4v) is 4.20. The van der Waals surface area contributed by atoms with Gasteiger partial charge < -0.3 is 20.3 Å². The molecule has 0 bridgehead atoms. The molecule has 0 saturated carbocycles. The zero-order valence-corrected chi connectivity index (χ0v) is 20.6. The molecule has 1 saturated heterocycles. The van der Waals surface area contributed by atoms with Crippen LogP contribution in [0.1, 0.15) is 39.0 Å². The largest absolute Gasteiger partial charge is 0.482 e. The van der Waals surface area contributed by atoms with Gasteiger partial charge >= 0.3 is 0 Å². The maximum absolute atomic E-state index is 12.2. The number of rotatable bonds is 8. The molecule has 2 aliphatic heterocycles. The average Bonchev–Trinajstić information content (AvgIpc) is 2.76. The SMILES string of the molecule is CCC1CCCCN1CCNC(=NC)NCCCN1C(=O)COc2ccccc21.I. The van der Waals surface area contributed by atoms with E-state index in [1.165, 1.54) is 32.2 Å². The van der Waals surface area contributed by atoms with Gasteiger partial charge in [-0.15, -0.1) is 24.0 Å². The summed E-state index contributed by atoms with van der Waals surface area (Å²) >= 11 is 0. The van der Waals surface area contributed by atoms with Gasteiger partial charge in [0.1, 0.15) is 5.75 Å². The smallest absolute Gasteiger partial charge is 0.265 e. The second kappa shape index (κ2) is 13.0. The van der Waals surface area contributed by atoms with Crippen LogP contribution in [-0.2, 0) is 4.79 Å². The lowest BCUT2D eigenvalue weighted by Crippen LogP contribution is -2.46. The van der Waals surface area contributed by atoms with E-state index < -0.39 is 0 Å². The Hall–Kier alpha value is -1.55. The highest BCUT2D eigenvalue weighted by Gasteiger charge is 2.24. The number of aliphatic imine (C=N–C) groups is 1. The van der Waals surface area contributed by atoms with Crippen molar-refractivity contribution in [2.75, 3.05) is 51.3 Å². The van der Waals surface area contributed by atoms with Crippen molar-refractivity contribution >= 4 is 41.5 Å². The number of para-hydroxylation sites is 2. The Kier molecular flexibility index (Phi) is 10.7. The van der Waals surface area contributed by atoms with Crippen molar-refractivity contribution < 1.29 is 9.53 Å². The molecule has 0 aromatic heterocycles. The lowest BCUT2D eigenvalue weighted by Gasteiger charge is -2.35. The van der Waals surface area contributed by atoms with Crippen molar-refractivity contribution in [1.82, 2.24) is 15.5 Å². The molecule has 30 heavy (non-hydrogen) atoms. The number of fused-ring (bicyclic) bond motifs is 1. The topological polar surface area (TPSA) is 69.2 Å². The summed E-state index contributed by atoms with van der Waals surface area (Å²) < 4.78 is 5.50. The highest BCUT2D eigenvalue weighted by atomic mass is 127. The van der Waals surface area contributed by atoms with Crippen LogP contribution in [0.25, 0.3) is 0 Å². The summed E-state index contributed by atoms with van der Waals surface area (Å²) in [6.07, 6.45) is 6.07. The molecule has 1 amide bonds. The maximum Gasteiger partial charge on any atom is 0.265 e. The first-order chi connectivity index (χ1) is 14.2. The number of nitrogens with one attached hydrogen (secondary N) is 2. The van der Waals surface area contributed by atoms with Gasteiger partial charge in [-0.25, -0.2) is 0 Å². The molecule has 3 rings (SSSR count). The molecule has 2 N–H and O–H groups in total. The summed E-state index contributed by atoms with van der Waals surface area (Å²) in [6.45, 7) is 6.98. The van der Waals surface area contributed by atoms with Crippen molar-refractivity contribution in [2.24, 2.45) is 4.99 Å². The Balaban J connectivity index is 0.00000320. The van der Waals surface area contributed by atoms with Gasteiger partial charge in [-0.1, -0.05) is 25.5 Å². The minimum Gasteiger partial charge on any atom is -0.482 e. The summed E-state index contributed by atoms with van der Waals surface area (Å²) in [4.78, 5) is 21.0. The van der Waals surface area contributed by atoms with E-state index in [1.807, 2.05) is 29.2 Å². The predicted octanol–water partition coefficient (Wildman–Crippen LogP) is 2.85. The number of piperidine rings is 1. The van der Waals surface area contributed by atoms with E-state index in [0.717, 1.165) is 49.5 Å². The predicted molar refractivity (Wildman–Crippen MR) is 133 cm³/mol. The summed E-state index contributed by atoms with van der Waals surface area (Å²) in [5.41, 5.74) is 0.860. The molecule has 0 spiro atoms. The number of hydrogen-bond acceptors (Lipinski definition) is 4. The minimum atomic E-state index is 0. The van der Waals surface area contributed by atoms with Gasteiger partial charge in [0.25, 0.3) is 5.91 Å². The molecular weight excluding hydrogens is 493 g/mol. The van der Waals surface area contributed by atoms with Gasteiger partial charge in [0.05, 0.1) is 5.69 Å². The molecule has 1 aromatic rings. The second-order valence-corrected chi connectivity index (χ2v) is 7.67. The van der Waals surface area contributed by atoms with E-state index >= 15 is 0 Å². The number of guanidine groups is 1. The van der Waals surface area contributed by atoms with E-state index in [-0.39, 0.29) is 36.5 Å². The van der Waals surface area contributed by atoms with Crippen molar-refractivity contribution in [3.05, 3.63) is 24.3 Å². The number of nitrogens with zero attached hydrogens (tertiary/aromatic N) is 3. The molecule has 0 aliphatic carbocycles. The molecule has 0 radical (unpaired) electrons. The lowest BCUT2D eigenvalue weighted by molar-refractivity contribution is -0.121. The minimum absolute atomic E-state index is 0. The van der Waals surface area contributed by atoms with Crippen LogP contribution in [0.15, 0.2) is 29.3 Å². The number of ether oxygens (including phenoxy) is 1. The zero-order chi connectivity index (χ0) is 20.5. The lowest BCUT2D eigenvalue weighted by atomic mass is 10.0. The summed E-state index contributed by atoms with van der Waals surface area (Å²) in [6, 6.07) is 8.43. The van der Waals surface area contributed by atoms with E-state index in [4.69, 9.17) is 4.74 Å². The third kappa shape index (κ3) is 6.73. The van der Waals surface area contributed by atoms with Crippen molar-refractivity contribution in [3.63, 3.8) is 0 Å². The molecule has 8 heteroatoms. The molecule has 2 aliphatic rings. The van der Waals surface area contributed by atoms with Crippen molar-refractivity contribution in [3.8, 4) is 5.75 Å². The average molecular weight is 529 g/mol. The molecule has 1 fully saturated rings. The summed E-state index contributed by atoms with van der Waals surface area (Å²) in [5, 5.41) is 6.78. The van der Waals surface area contributed by atoms with E-state index in [9.17, 15) is 4.79 Å². The quantitative estimate of drug-likeness (QED) is 0.235. The van der Waals surface area contributed by atoms with Crippen LogP contribution < -0.4 is 20.3 Å². The van der Waals surface area contributed by atoms with Gasteiger partial charge in [0.15, 0.2) is 12.6 Å². The van der Waals surface area contributed by atoms with Crippen molar-refractivity contribution in [2.45, 2.75) is 45.1 Å².